The lowest BCUT2D eigenvalue weighted by atomic mass is 10.2. The number of hydrogen-bond acceptors (Lipinski definition) is 8. The number of rotatable bonds is 11. The van der Waals surface area contributed by atoms with Crippen LogP contribution in [0.4, 0.5) is 0 Å². The SMILES string of the molecule is O=P(OCc1ccccc1)(OCC(O)CO)OCC(O)CO. The molecule has 8 nitrogen and oxygen atoms in total. The maximum Gasteiger partial charge on any atom is 0.475 e. The molecule has 126 valence electrons. The van der Waals surface area contributed by atoms with Crippen molar-refractivity contribution in [2.75, 3.05) is 26.4 Å². The topological polar surface area (TPSA) is 126 Å². The summed E-state index contributed by atoms with van der Waals surface area (Å²) in [5.74, 6) is 0. The van der Waals surface area contributed by atoms with Crippen LogP contribution in [0.2, 0.25) is 0 Å². The van der Waals surface area contributed by atoms with E-state index >= 15 is 0 Å². The Labute approximate surface area is 128 Å². The second-order valence-electron chi connectivity index (χ2n) is 4.47. The average molecular weight is 336 g/mol. The van der Waals surface area contributed by atoms with Crippen LogP contribution in [0.3, 0.4) is 0 Å². The summed E-state index contributed by atoms with van der Waals surface area (Å²) in [5, 5.41) is 35.9. The van der Waals surface area contributed by atoms with Crippen molar-refractivity contribution in [3.05, 3.63) is 35.9 Å². The summed E-state index contributed by atoms with van der Waals surface area (Å²) in [6.45, 7) is -2.13. The van der Waals surface area contributed by atoms with Crippen molar-refractivity contribution in [3.8, 4) is 0 Å². The van der Waals surface area contributed by atoms with Gasteiger partial charge in [-0.15, -0.1) is 0 Å². The van der Waals surface area contributed by atoms with Gasteiger partial charge in [0.1, 0.15) is 12.2 Å². The molecule has 0 radical (unpaired) electrons. The quantitative estimate of drug-likeness (QED) is 0.418. The number of hydrogen-bond donors (Lipinski definition) is 4. The van der Waals surface area contributed by atoms with Crippen LogP contribution in [0.25, 0.3) is 0 Å². The van der Waals surface area contributed by atoms with E-state index in [-0.39, 0.29) is 6.61 Å². The molecule has 9 heteroatoms. The monoisotopic (exact) mass is 336 g/mol. The van der Waals surface area contributed by atoms with Gasteiger partial charge in [-0.25, -0.2) is 4.57 Å². The van der Waals surface area contributed by atoms with E-state index in [9.17, 15) is 14.8 Å². The van der Waals surface area contributed by atoms with Crippen LogP contribution < -0.4 is 0 Å². The molecule has 0 aliphatic heterocycles. The summed E-state index contributed by atoms with van der Waals surface area (Å²) in [6.07, 6.45) is -2.47. The average Bonchev–Trinajstić information content (AvgIpc) is 2.56. The number of aliphatic hydroxyl groups excluding tert-OH is 4. The molecule has 2 unspecified atom stereocenters. The van der Waals surface area contributed by atoms with Gasteiger partial charge >= 0.3 is 7.82 Å². The first kappa shape index (κ1) is 19.2. The molecule has 0 aliphatic carbocycles. The highest BCUT2D eigenvalue weighted by atomic mass is 31.2. The zero-order chi connectivity index (χ0) is 16.4. The van der Waals surface area contributed by atoms with Gasteiger partial charge in [0.25, 0.3) is 0 Å². The van der Waals surface area contributed by atoms with E-state index in [0.29, 0.717) is 0 Å². The lowest BCUT2D eigenvalue weighted by Gasteiger charge is -2.20. The van der Waals surface area contributed by atoms with E-state index in [1.807, 2.05) is 6.07 Å². The summed E-state index contributed by atoms with van der Waals surface area (Å²) >= 11 is 0. The summed E-state index contributed by atoms with van der Waals surface area (Å²) in [5.41, 5.74) is 0.723. The third-order valence-corrected chi connectivity index (χ3v) is 3.88. The third kappa shape index (κ3) is 7.44. The maximum atomic E-state index is 12.4. The summed E-state index contributed by atoms with van der Waals surface area (Å²) in [4.78, 5) is 0. The predicted octanol–water partition coefficient (Wildman–Crippen LogP) is 0.0509. The minimum Gasteiger partial charge on any atom is -0.394 e. The molecule has 0 bridgehead atoms. The van der Waals surface area contributed by atoms with Gasteiger partial charge < -0.3 is 20.4 Å². The molecule has 0 saturated heterocycles. The molecule has 4 N–H and O–H groups in total. The minimum absolute atomic E-state index is 0.0669. The largest absolute Gasteiger partial charge is 0.475 e. The van der Waals surface area contributed by atoms with Crippen molar-refractivity contribution in [3.63, 3.8) is 0 Å². The van der Waals surface area contributed by atoms with Gasteiger partial charge in [-0.1, -0.05) is 30.3 Å². The maximum absolute atomic E-state index is 12.4. The van der Waals surface area contributed by atoms with Gasteiger partial charge in [-0.2, -0.15) is 0 Å². The summed E-state index contributed by atoms with van der Waals surface area (Å²) in [6, 6.07) is 8.85. The summed E-state index contributed by atoms with van der Waals surface area (Å²) in [7, 11) is -4.06. The Morgan fingerprint density at radius 1 is 0.909 bits per heavy atom. The van der Waals surface area contributed by atoms with Crippen LogP contribution in [0, 0.1) is 0 Å². The lowest BCUT2D eigenvalue weighted by Crippen LogP contribution is -2.22. The van der Waals surface area contributed by atoms with E-state index in [1.54, 1.807) is 24.3 Å². The van der Waals surface area contributed by atoms with Crippen LogP contribution in [0.1, 0.15) is 5.56 Å². The van der Waals surface area contributed by atoms with E-state index in [4.69, 9.17) is 23.8 Å². The molecule has 1 aromatic carbocycles. The van der Waals surface area contributed by atoms with Gasteiger partial charge in [-0.3, -0.25) is 13.6 Å². The molecule has 22 heavy (non-hydrogen) atoms. The van der Waals surface area contributed by atoms with Crippen molar-refractivity contribution in [2.45, 2.75) is 18.8 Å². The molecule has 0 spiro atoms. The molecular formula is C13H21O8P. The van der Waals surface area contributed by atoms with E-state index in [1.165, 1.54) is 0 Å². The standard InChI is InChI=1S/C13H21O8P/c14-6-12(16)9-20-22(18,21-10-13(17)7-15)19-8-11-4-2-1-3-5-11/h1-5,12-17H,6-10H2. The van der Waals surface area contributed by atoms with Crippen molar-refractivity contribution in [2.24, 2.45) is 0 Å². The molecule has 0 amide bonds. The van der Waals surface area contributed by atoms with Crippen molar-refractivity contribution < 1.29 is 38.6 Å². The zero-order valence-corrected chi connectivity index (χ0v) is 12.8. The first-order valence-corrected chi connectivity index (χ1v) is 8.10. The van der Waals surface area contributed by atoms with Crippen LogP contribution >= 0.6 is 7.82 Å². The normalized spacial score (nSPS) is 16.9. The highest BCUT2D eigenvalue weighted by Crippen LogP contribution is 2.50. The van der Waals surface area contributed by atoms with Crippen LogP contribution in [-0.4, -0.2) is 59.1 Å². The molecule has 0 aromatic heterocycles. The van der Waals surface area contributed by atoms with E-state index < -0.39 is 46.5 Å². The molecule has 0 aliphatic rings. The Hall–Kier alpha value is -0.830. The molecular weight excluding hydrogens is 315 g/mol. The Bertz CT molecular complexity index is 437. The number of phosphoric acid groups is 1. The minimum atomic E-state index is -4.06. The molecule has 1 aromatic rings. The Morgan fingerprint density at radius 2 is 1.41 bits per heavy atom. The fraction of sp³-hybridized carbons (Fsp3) is 0.538. The Kier molecular flexibility index (Phi) is 8.77. The van der Waals surface area contributed by atoms with Gasteiger partial charge in [-0.05, 0) is 5.56 Å². The second kappa shape index (κ2) is 10.0. The highest BCUT2D eigenvalue weighted by molar-refractivity contribution is 7.48. The van der Waals surface area contributed by atoms with E-state index in [2.05, 4.69) is 0 Å². The third-order valence-electron chi connectivity index (χ3n) is 2.50. The Morgan fingerprint density at radius 3 is 1.86 bits per heavy atom. The van der Waals surface area contributed by atoms with Crippen molar-refractivity contribution >= 4 is 7.82 Å². The summed E-state index contributed by atoms with van der Waals surface area (Å²) < 4.78 is 27.3. The number of benzene rings is 1. The molecule has 0 saturated carbocycles. The molecule has 1 rings (SSSR count). The van der Waals surface area contributed by atoms with Crippen molar-refractivity contribution in [1.29, 1.82) is 0 Å². The molecule has 0 fully saturated rings. The second-order valence-corrected chi connectivity index (χ2v) is 6.14. The number of phosphoric ester groups is 1. The fourth-order valence-electron chi connectivity index (χ4n) is 1.30. The van der Waals surface area contributed by atoms with Crippen LogP contribution in [-0.2, 0) is 24.7 Å². The van der Waals surface area contributed by atoms with Gasteiger partial charge in [0.2, 0.25) is 0 Å². The van der Waals surface area contributed by atoms with Gasteiger partial charge in [0.05, 0.1) is 33.0 Å². The van der Waals surface area contributed by atoms with Gasteiger partial charge in [0, 0.05) is 0 Å². The van der Waals surface area contributed by atoms with E-state index in [0.717, 1.165) is 5.56 Å². The van der Waals surface area contributed by atoms with Crippen LogP contribution in [0.5, 0.6) is 0 Å². The predicted molar refractivity (Wildman–Crippen MR) is 76.9 cm³/mol. The first-order chi connectivity index (χ1) is 10.5. The zero-order valence-electron chi connectivity index (χ0n) is 11.9. The highest BCUT2D eigenvalue weighted by Gasteiger charge is 2.29. The van der Waals surface area contributed by atoms with Crippen LogP contribution in [0.15, 0.2) is 30.3 Å². The first-order valence-electron chi connectivity index (χ1n) is 6.64. The van der Waals surface area contributed by atoms with Gasteiger partial charge in [0.15, 0.2) is 0 Å². The molecule has 2 atom stereocenters. The van der Waals surface area contributed by atoms with Crippen molar-refractivity contribution in [1.82, 2.24) is 0 Å². The lowest BCUT2D eigenvalue weighted by molar-refractivity contribution is 0.00706. The fourth-order valence-corrected chi connectivity index (χ4v) is 2.54. The Balaban J connectivity index is 2.61. The molecule has 0 heterocycles. The number of aliphatic hydroxyl groups is 4. The smallest absolute Gasteiger partial charge is 0.394 e.